The van der Waals surface area contributed by atoms with Gasteiger partial charge < -0.3 is 0 Å². The second-order valence-corrected chi connectivity index (χ2v) is 6.31. The van der Waals surface area contributed by atoms with E-state index in [0.717, 1.165) is 12.8 Å². The van der Waals surface area contributed by atoms with Crippen molar-refractivity contribution in [2.75, 3.05) is 0 Å². The van der Waals surface area contributed by atoms with Gasteiger partial charge in [-0.2, -0.15) is 0 Å². The van der Waals surface area contributed by atoms with Gasteiger partial charge in [0.05, 0.1) is 0 Å². The van der Waals surface area contributed by atoms with Crippen molar-refractivity contribution in [2.24, 2.45) is 22.7 Å². The van der Waals surface area contributed by atoms with Crippen molar-refractivity contribution >= 4 is 11.6 Å². The smallest absolute Gasteiger partial charge is 0.140 e. The Balaban J connectivity index is 2.00. The first-order chi connectivity index (χ1) is 6.97. The topological polar surface area (TPSA) is 34.1 Å². The van der Waals surface area contributed by atoms with E-state index in [1.807, 2.05) is 0 Å². The van der Waals surface area contributed by atoms with Crippen LogP contribution in [0, 0.1) is 22.7 Å². The van der Waals surface area contributed by atoms with Crippen LogP contribution in [0.4, 0.5) is 0 Å². The van der Waals surface area contributed by atoms with Gasteiger partial charge in [-0.05, 0) is 30.1 Å². The first-order valence-corrected chi connectivity index (χ1v) is 6.02. The van der Waals surface area contributed by atoms with Gasteiger partial charge in [0, 0.05) is 24.7 Å². The highest BCUT2D eigenvalue weighted by atomic mass is 16.1. The molecule has 0 aromatic rings. The molecule has 0 N–H and O–H groups in total. The molecule has 0 aromatic carbocycles. The minimum Gasteiger partial charge on any atom is -0.300 e. The Morgan fingerprint density at radius 1 is 1.27 bits per heavy atom. The monoisotopic (exact) mass is 206 g/mol. The molecule has 0 heterocycles. The largest absolute Gasteiger partial charge is 0.300 e. The maximum absolute atomic E-state index is 12.1. The number of fused-ring (bicyclic) bond motifs is 1. The molecule has 4 aliphatic carbocycles. The van der Waals surface area contributed by atoms with Crippen LogP contribution >= 0.6 is 0 Å². The van der Waals surface area contributed by atoms with Crippen LogP contribution in [0.1, 0.15) is 46.0 Å². The van der Waals surface area contributed by atoms with Crippen molar-refractivity contribution in [3.05, 3.63) is 0 Å². The number of ketones is 2. The van der Waals surface area contributed by atoms with E-state index >= 15 is 0 Å². The number of Topliss-reactive ketones (excluding diaryl/α,β-unsaturated/α-hetero) is 2. The lowest BCUT2D eigenvalue weighted by Gasteiger charge is -2.63. The minimum absolute atomic E-state index is 0.227. The lowest BCUT2D eigenvalue weighted by molar-refractivity contribution is -0.176. The lowest BCUT2D eigenvalue weighted by Crippen LogP contribution is -2.61. The van der Waals surface area contributed by atoms with Gasteiger partial charge in [0.2, 0.25) is 0 Å². The standard InChI is InChI=1S/C13H18O2/c1-12(2)8-5-10(12)13(11(15)6-8)4-3-9(14)7-13/h8,10H,3-7H2,1-2H3/t8-,10-,13-/m1/s1. The summed E-state index contributed by atoms with van der Waals surface area (Å²) in [4.78, 5) is 23.6. The molecule has 2 nitrogen and oxygen atoms in total. The Kier molecular flexibility index (Phi) is 1.61. The fraction of sp³-hybridized carbons (Fsp3) is 0.846. The number of rotatable bonds is 0. The van der Waals surface area contributed by atoms with Gasteiger partial charge in [-0.3, -0.25) is 9.59 Å². The van der Waals surface area contributed by atoms with Crippen LogP contribution in [0.5, 0.6) is 0 Å². The Morgan fingerprint density at radius 3 is 2.53 bits per heavy atom. The predicted octanol–water partition coefficient (Wildman–Crippen LogP) is 2.36. The van der Waals surface area contributed by atoms with Gasteiger partial charge in [0.15, 0.2) is 0 Å². The van der Waals surface area contributed by atoms with Crippen molar-refractivity contribution in [3.63, 3.8) is 0 Å². The van der Waals surface area contributed by atoms with Crippen LogP contribution in [-0.4, -0.2) is 11.6 Å². The van der Waals surface area contributed by atoms with Crippen LogP contribution in [0.3, 0.4) is 0 Å². The normalized spacial score (nSPS) is 47.1. The van der Waals surface area contributed by atoms with E-state index in [9.17, 15) is 9.59 Å². The molecule has 15 heavy (non-hydrogen) atoms. The number of carbonyl (C=O) groups excluding carboxylic acids is 2. The SMILES string of the molecule is CC1(C)[C@H]2CC(=O)[C@@]3(CCC(=O)C3)[C@@H]1C2. The number of hydrogen-bond acceptors (Lipinski definition) is 2. The van der Waals surface area contributed by atoms with Gasteiger partial charge in [-0.1, -0.05) is 13.8 Å². The van der Waals surface area contributed by atoms with Gasteiger partial charge in [-0.25, -0.2) is 0 Å². The summed E-state index contributed by atoms with van der Waals surface area (Å²) in [6.07, 6.45) is 3.95. The molecule has 1 spiro atoms. The molecule has 4 saturated carbocycles. The molecular weight excluding hydrogens is 188 g/mol. The third-order valence-corrected chi connectivity index (χ3v) is 5.49. The van der Waals surface area contributed by atoms with Crippen molar-refractivity contribution in [1.82, 2.24) is 0 Å². The molecule has 4 rings (SSSR count). The molecule has 4 aliphatic rings. The summed E-state index contributed by atoms with van der Waals surface area (Å²) in [6.45, 7) is 4.56. The zero-order chi connectivity index (χ0) is 10.8. The Morgan fingerprint density at radius 2 is 2.00 bits per heavy atom. The van der Waals surface area contributed by atoms with Crippen LogP contribution in [0.2, 0.25) is 0 Å². The van der Waals surface area contributed by atoms with E-state index in [4.69, 9.17) is 0 Å². The van der Waals surface area contributed by atoms with Crippen molar-refractivity contribution in [2.45, 2.75) is 46.0 Å². The van der Waals surface area contributed by atoms with Crippen LogP contribution in [0.25, 0.3) is 0 Å². The molecule has 3 atom stereocenters. The average Bonchev–Trinajstić information content (AvgIpc) is 2.53. The molecule has 0 unspecified atom stereocenters. The molecule has 2 heteroatoms. The van der Waals surface area contributed by atoms with Crippen molar-refractivity contribution in [3.8, 4) is 0 Å². The van der Waals surface area contributed by atoms with Gasteiger partial charge in [0.25, 0.3) is 0 Å². The molecule has 82 valence electrons. The maximum atomic E-state index is 12.1. The average molecular weight is 206 g/mol. The summed E-state index contributed by atoms with van der Waals surface area (Å²) in [5, 5.41) is 0. The third kappa shape index (κ3) is 0.957. The fourth-order valence-corrected chi connectivity index (χ4v) is 4.35. The highest BCUT2D eigenvalue weighted by Crippen LogP contribution is 2.68. The van der Waals surface area contributed by atoms with Crippen LogP contribution < -0.4 is 0 Å². The van der Waals surface area contributed by atoms with Crippen LogP contribution in [0.15, 0.2) is 0 Å². The van der Waals surface area contributed by atoms with Gasteiger partial charge >= 0.3 is 0 Å². The van der Waals surface area contributed by atoms with E-state index in [-0.39, 0.29) is 5.41 Å². The van der Waals surface area contributed by atoms with E-state index in [1.54, 1.807) is 0 Å². The predicted molar refractivity (Wildman–Crippen MR) is 56.3 cm³/mol. The van der Waals surface area contributed by atoms with E-state index in [2.05, 4.69) is 13.8 Å². The molecule has 0 amide bonds. The molecule has 0 saturated heterocycles. The molecule has 4 fully saturated rings. The summed E-state index contributed by atoms with van der Waals surface area (Å²) < 4.78 is 0. The van der Waals surface area contributed by atoms with E-state index in [0.29, 0.717) is 41.7 Å². The van der Waals surface area contributed by atoms with Crippen molar-refractivity contribution < 1.29 is 9.59 Å². The molecule has 0 radical (unpaired) electrons. The molecule has 0 aliphatic heterocycles. The minimum atomic E-state index is -0.227. The van der Waals surface area contributed by atoms with Crippen molar-refractivity contribution in [1.29, 1.82) is 0 Å². The zero-order valence-corrected chi connectivity index (χ0v) is 9.51. The maximum Gasteiger partial charge on any atom is 0.140 e. The number of carbonyl (C=O) groups is 2. The first-order valence-electron chi connectivity index (χ1n) is 6.02. The summed E-state index contributed by atoms with van der Waals surface area (Å²) in [5.41, 5.74) is 0.0772. The van der Waals surface area contributed by atoms with Gasteiger partial charge in [-0.15, -0.1) is 0 Å². The fourth-order valence-electron chi connectivity index (χ4n) is 4.35. The Labute approximate surface area is 90.4 Å². The highest BCUT2D eigenvalue weighted by molar-refractivity contribution is 5.96. The van der Waals surface area contributed by atoms with E-state index in [1.165, 1.54) is 6.42 Å². The molecular formula is C13H18O2. The number of hydrogen-bond donors (Lipinski definition) is 0. The summed E-state index contributed by atoms with van der Waals surface area (Å²) in [7, 11) is 0. The highest BCUT2D eigenvalue weighted by Gasteiger charge is 2.66. The summed E-state index contributed by atoms with van der Waals surface area (Å²) in [6, 6.07) is 0. The molecule has 0 aromatic heterocycles. The second-order valence-electron chi connectivity index (χ2n) is 6.31. The molecule has 2 bridgehead atoms. The lowest BCUT2D eigenvalue weighted by atomic mass is 9.40. The third-order valence-electron chi connectivity index (χ3n) is 5.49. The van der Waals surface area contributed by atoms with Crippen LogP contribution in [-0.2, 0) is 9.59 Å². The second kappa shape index (κ2) is 2.53. The summed E-state index contributed by atoms with van der Waals surface area (Å²) in [5.74, 6) is 1.79. The quantitative estimate of drug-likeness (QED) is 0.609. The Hall–Kier alpha value is -0.660. The zero-order valence-electron chi connectivity index (χ0n) is 9.51. The van der Waals surface area contributed by atoms with Gasteiger partial charge in [0.1, 0.15) is 11.6 Å². The summed E-state index contributed by atoms with van der Waals surface area (Å²) >= 11 is 0. The Bertz CT molecular complexity index is 356. The van der Waals surface area contributed by atoms with E-state index < -0.39 is 0 Å². The first kappa shape index (κ1) is 9.56.